The molecule has 1 aliphatic heterocycles. The number of likely N-dealkylation sites (N-methyl/N-ethyl adjacent to an activating group) is 1. The Morgan fingerprint density at radius 2 is 2.03 bits per heavy atom. The fourth-order valence-electron chi connectivity index (χ4n) is 5.00. The maximum atomic E-state index is 12.2. The van der Waals surface area contributed by atoms with Crippen LogP contribution in [0.1, 0.15) is 49.7 Å². The van der Waals surface area contributed by atoms with E-state index in [0.717, 1.165) is 48.4 Å². The highest BCUT2D eigenvalue weighted by Gasteiger charge is 2.24. The second-order valence-electron chi connectivity index (χ2n) is 9.04. The van der Waals surface area contributed by atoms with Gasteiger partial charge in [-0.05, 0) is 67.1 Å². The quantitative estimate of drug-likeness (QED) is 0.503. The van der Waals surface area contributed by atoms with Crippen LogP contribution >= 0.6 is 0 Å². The van der Waals surface area contributed by atoms with Gasteiger partial charge in [0.2, 0.25) is 5.91 Å². The summed E-state index contributed by atoms with van der Waals surface area (Å²) in [5.74, 6) is 1.06. The van der Waals surface area contributed by atoms with E-state index in [9.17, 15) is 4.79 Å². The first-order valence-corrected chi connectivity index (χ1v) is 11.4. The van der Waals surface area contributed by atoms with Crippen molar-refractivity contribution in [1.29, 1.82) is 0 Å². The molecule has 0 unspecified atom stereocenters. The largest absolute Gasteiger partial charge is 0.354 e. The molecule has 0 atom stereocenters. The molecule has 0 radical (unpaired) electrons. The zero-order valence-electron chi connectivity index (χ0n) is 18.9. The van der Waals surface area contributed by atoms with Crippen molar-refractivity contribution >= 4 is 22.5 Å². The van der Waals surface area contributed by atoms with Crippen molar-refractivity contribution in [1.82, 2.24) is 29.8 Å². The van der Waals surface area contributed by atoms with Gasteiger partial charge in [-0.1, -0.05) is 19.9 Å². The van der Waals surface area contributed by atoms with Crippen molar-refractivity contribution in [3.8, 4) is 11.3 Å². The monoisotopic (exact) mass is 430 g/mol. The molecule has 166 valence electrons. The van der Waals surface area contributed by atoms with E-state index in [-0.39, 0.29) is 5.91 Å². The molecule has 1 amide bonds. The van der Waals surface area contributed by atoms with Gasteiger partial charge in [-0.3, -0.25) is 4.79 Å². The van der Waals surface area contributed by atoms with Crippen LogP contribution in [0.25, 0.3) is 27.8 Å². The van der Waals surface area contributed by atoms with Crippen LogP contribution in [-0.2, 0) is 4.79 Å². The summed E-state index contributed by atoms with van der Waals surface area (Å²) < 4.78 is 1.82. The van der Waals surface area contributed by atoms with Gasteiger partial charge in [0.15, 0.2) is 5.65 Å². The number of nitrogens with one attached hydrogen (secondary N) is 2. The lowest BCUT2D eigenvalue weighted by Gasteiger charge is -2.32. The number of aromatic nitrogens is 4. The van der Waals surface area contributed by atoms with Crippen molar-refractivity contribution in [2.75, 3.05) is 26.7 Å². The average Bonchev–Trinajstić information content (AvgIpc) is 3.42. The van der Waals surface area contributed by atoms with Crippen molar-refractivity contribution in [3.05, 3.63) is 54.0 Å². The Morgan fingerprint density at radius 3 is 2.78 bits per heavy atom. The summed E-state index contributed by atoms with van der Waals surface area (Å²) in [6.07, 6.45) is 5.64. The lowest BCUT2D eigenvalue weighted by atomic mass is 9.87. The van der Waals surface area contributed by atoms with Crippen molar-refractivity contribution in [2.45, 2.75) is 38.5 Å². The fraction of sp³-hybridized carbons (Fsp3) is 0.400. The van der Waals surface area contributed by atoms with Gasteiger partial charge in [0, 0.05) is 35.8 Å². The molecule has 2 N–H and O–H groups in total. The Morgan fingerprint density at radius 1 is 1.22 bits per heavy atom. The van der Waals surface area contributed by atoms with Crippen LogP contribution < -0.4 is 5.32 Å². The minimum absolute atomic E-state index is 0.197. The van der Waals surface area contributed by atoms with Crippen LogP contribution in [0.3, 0.4) is 0 Å². The van der Waals surface area contributed by atoms with Crippen LogP contribution in [0, 0.1) is 0 Å². The number of nitrogens with zero attached hydrogens (tertiary/aromatic N) is 4. The molecule has 7 heteroatoms. The maximum Gasteiger partial charge on any atom is 0.236 e. The van der Waals surface area contributed by atoms with Gasteiger partial charge >= 0.3 is 0 Å². The molecule has 4 heterocycles. The van der Waals surface area contributed by atoms with Gasteiger partial charge in [0.05, 0.1) is 12.2 Å². The number of hydrogen-bond donors (Lipinski definition) is 2. The summed E-state index contributed by atoms with van der Waals surface area (Å²) in [6, 6.07) is 11.0. The number of pyridine rings is 1. The summed E-state index contributed by atoms with van der Waals surface area (Å²) in [5.41, 5.74) is 6.98. The Labute approximate surface area is 187 Å². The van der Waals surface area contributed by atoms with E-state index in [2.05, 4.69) is 58.5 Å². The number of benzene rings is 1. The molecule has 0 saturated carbocycles. The highest BCUT2D eigenvalue weighted by Crippen LogP contribution is 2.38. The number of rotatable bonds is 5. The number of fused-ring (bicyclic) bond motifs is 2. The van der Waals surface area contributed by atoms with E-state index in [1.54, 1.807) is 6.33 Å². The lowest BCUT2D eigenvalue weighted by molar-refractivity contribution is -0.131. The molecule has 4 aromatic rings. The first-order valence-electron chi connectivity index (χ1n) is 11.4. The van der Waals surface area contributed by atoms with Gasteiger partial charge < -0.3 is 15.2 Å². The van der Waals surface area contributed by atoms with Gasteiger partial charge in [-0.15, -0.1) is 0 Å². The molecule has 1 aliphatic rings. The molecular formula is C25H30N6O. The summed E-state index contributed by atoms with van der Waals surface area (Å²) in [7, 11) is 1.82. The second-order valence-corrected chi connectivity index (χ2v) is 9.04. The third-order valence-corrected chi connectivity index (χ3v) is 6.65. The van der Waals surface area contributed by atoms with Gasteiger partial charge in [0.25, 0.3) is 0 Å². The average molecular weight is 431 g/mol. The first-order chi connectivity index (χ1) is 15.5. The molecule has 0 spiro atoms. The Bertz CT molecular complexity index is 1260. The van der Waals surface area contributed by atoms with Crippen LogP contribution in [0.5, 0.6) is 0 Å². The molecule has 3 aromatic heterocycles. The topological polar surface area (TPSA) is 78.3 Å². The summed E-state index contributed by atoms with van der Waals surface area (Å²) in [6.45, 7) is 6.57. The highest BCUT2D eigenvalue weighted by atomic mass is 16.2. The number of H-pyrrole nitrogens is 1. The number of hydrogen-bond acceptors (Lipinski definition) is 4. The van der Waals surface area contributed by atoms with Gasteiger partial charge in [0.1, 0.15) is 6.33 Å². The molecule has 0 aliphatic carbocycles. The molecule has 5 rings (SSSR count). The van der Waals surface area contributed by atoms with Crippen molar-refractivity contribution in [3.63, 3.8) is 0 Å². The van der Waals surface area contributed by atoms with Gasteiger partial charge in [-0.2, -0.15) is 5.10 Å². The fourth-order valence-corrected chi connectivity index (χ4v) is 5.00. The van der Waals surface area contributed by atoms with Crippen LogP contribution in [-0.4, -0.2) is 57.1 Å². The zero-order chi connectivity index (χ0) is 22.2. The van der Waals surface area contributed by atoms with E-state index in [1.807, 2.05) is 28.7 Å². The molecule has 1 saturated heterocycles. The van der Waals surface area contributed by atoms with E-state index in [1.165, 1.54) is 16.5 Å². The molecule has 1 fully saturated rings. The zero-order valence-corrected chi connectivity index (χ0v) is 18.9. The number of piperidine rings is 1. The predicted octanol–water partition coefficient (Wildman–Crippen LogP) is 3.93. The third-order valence-electron chi connectivity index (χ3n) is 6.65. The third kappa shape index (κ3) is 3.66. The number of aromatic amines is 1. The predicted molar refractivity (Wildman–Crippen MR) is 127 cm³/mol. The second kappa shape index (κ2) is 8.39. The Kier molecular flexibility index (Phi) is 5.43. The van der Waals surface area contributed by atoms with Crippen molar-refractivity contribution < 1.29 is 4.79 Å². The SMILES string of the molecule is CNCC(=O)N1CCC(c2ccc3[nH]c(-c4ccc5ncnn5c4)c(C(C)C)c3c2)CC1. The Hall–Kier alpha value is -3.19. The summed E-state index contributed by atoms with van der Waals surface area (Å²) >= 11 is 0. The smallest absolute Gasteiger partial charge is 0.236 e. The summed E-state index contributed by atoms with van der Waals surface area (Å²) in [4.78, 5) is 22.1. The molecule has 1 aromatic carbocycles. The standard InChI is InChI=1S/C25H30N6O/c1-16(2)24-20-12-18(17-8-10-30(11-9-17)23(32)13-26-3)4-6-21(20)29-25(24)19-5-7-22-27-15-28-31(22)14-19/h4-7,12,14-17,26,29H,8-11,13H2,1-3H3. The molecule has 32 heavy (non-hydrogen) atoms. The van der Waals surface area contributed by atoms with Crippen LogP contribution in [0.2, 0.25) is 0 Å². The van der Waals surface area contributed by atoms with Gasteiger partial charge in [-0.25, -0.2) is 9.50 Å². The Balaban J connectivity index is 1.47. The van der Waals surface area contributed by atoms with E-state index in [0.29, 0.717) is 18.4 Å². The first kappa shape index (κ1) is 20.7. The number of likely N-dealkylation sites (tertiary alicyclic amines) is 1. The molecular weight excluding hydrogens is 400 g/mol. The maximum absolute atomic E-state index is 12.2. The molecule has 7 nitrogen and oxygen atoms in total. The van der Waals surface area contributed by atoms with Crippen LogP contribution in [0.15, 0.2) is 42.9 Å². The van der Waals surface area contributed by atoms with Crippen molar-refractivity contribution in [2.24, 2.45) is 0 Å². The number of amides is 1. The van der Waals surface area contributed by atoms with E-state index in [4.69, 9.17) is 0 Å². The van der Waals surface area contributed by atoms with Crippen LogP contribution in [0.4, 0.5) is 0 Å². The van der Waals surface area contributed by atoms with E-state index < -0.39 is 0 Å². The summed E-state index contributed by atoms with van der Waals surface area (Å²) in [5, 5.41) is 8.55. The highest BCUT2D eigenvalue weighted by molar-refractivity contribution is 5.92. The number of carbonyl (C=O) groups is 1. The minimum atomic E-state index is 0.197. The number of carbonyl (C=O) groups excluding carboxylic acids is 1. The normalized spacial score (nSPS) is 15.3. The lowest BCUT2D eigenvalue weighted by Crippen LogP contribution is -2.41. The molecule has 0 bridgehead atoms. The van der Waals surface area contributed by atoms with E-state index >= 15 is 0 Å². The minimum Gasteiger partial charge on any atom is -0.354 e.